The highest BCUT2D eigenvalue weighted by molar-refractivity contribution is 7.15. The van der Waals surface area contributed by atoms with E-state index in [1.54, 1.807) is 14.0 Å². The van der Waals surface area contributed by atoms with Crippen LogP contribution in [0.5, 0.6) is 11.5 Å². The second kappa shape index (κ2) is 10.3. The van der Waals surface area contributed by atoms with Gasteiger partial charge < -0.3 is 19.5 Å². The van der Waals surface area contributed by atoms with Crippen LogP contribution in [0.25, 0.3) is 11.1 Å². The van der Waals surface area contributed by atoms with Crippen LogP contribution in [0.15, 0.2) is 41.8 Å². The van der Waals surface area contributed by atoms with Gasteiger partial charge in [-0.1, -0.05) is 23.8 Å². The van der Waals surface area contributed by atoms with Crippen molar-refractivity contribution in [3.05, 3.63) is 64.0 Å². The van der Waals surface area contributed by atoms with Crippen molar-refractivity contribution in [2.75, 3.05) is 25.6 Å². The monoisotopic (exact) mass is 453 g/mol. The largest absolute Gasteiger partial charge is 0.496 e. The predicted octanol–water partition coefficient (Wildman–Crippen LogP) is 5.54. The fourth-order valence-electron chi connectivity index (χ4n) is 3.26. The molecule has 2 aromatic carbocycles. The Morgan fingerprint density at radius 3 is 2.41 bits per heavy atom. The molecule has 0 radical (unpaired) electrons. The smallest absolute Gasteiger partial charge is 0.341 e. The summed E-state index contributed by atoms with van der Waals surface area (Å²) in [5.41, 5.74) is 4.74. The van der Waals surface area contributed by atoms with Crippen LogP contribution in [0, 0.1) is 20.8 Å². The maximum Gasteiger partial charge on any atom is 0.341 e. The summed E-state index contributed by atoms with van der Waals surface area (Å²) in [7, 11) is 1.58. The van der Waals surface area contributed by atoms with Crippen molar-refractivity contribution in [1.29, 1.82) is 0 Å². The van der Waals surface area contributed by atoms with Gasteiger partial charge in [0.1, 0.15) is 22.1 Å². The molecule has 3 aromatic rings. The number of amides is 1. The molecule has 0 fully saturated rings. The molecule has 1 heterocycles. The van der Waals surface area contributed by atoms with E-state index >= 15 is 0 Å². The Balaban J connectivity index is 1.88. The Morgan fingerprint density at radius 1 is 0.969 bits per heavy atom. The third kappa shape index (κ3) is 5.29. The Labute approximate surface area is 192 Å². The molecule has 6 nitrogen and oxygen atoms in total. The number of anilines is 1. The van der Waals surface area contributed by atoms with E-state index in [9.17, 15) is 9.59 Å². The van der Waals surface area contributed by atoms with Crippen LogP contribution in [-0.2, 0) is 9.53 Å². The molecule has 0 saturated heterocycles. The topological polar surface area (TPSA) is 73.9 Å². The molecule has 7 heteroatoms. The van der Waals surface area contributed by atoms with E-state index in [4.69, 9.17) is 14.2 Å². The summed E-state index contributed by atoms with van der Waals surface area (Å²) < 4.78 is 16.5. The number of carbonyl (C=O) groups is 2. The van der Waals surface area contributed by atoms with E-state index in [0.29, 0.717) is 27.6 Å². The van der Waals surface area contributed by atoms with E-state index < -0.39 is 5.97 Å². The molecule has 1 amide bonds. The van der Waals surface area contributed by atoms with Crippen molar-refractivity contribution in [3.8, 4) is 22.6 Å². The highest BCUT2D eigenvalue weighted by Gasteiger charge is 2.24. The van der Waals surface area contributed by atoms with E-state index in [2.05, 4.69) is 5.32 Å². The Kier molecular flexibility index (Phi) is 7.53. The molecule has 1 aromatic heterocycles. The molecular formula is C25H27NO5S. The zero-order valence-electron chi connectivity index (χ0n) is 18.9. The standard InChI is InChI=1S/C25H27NO5S/c1-6-30-25(28)23-19(18-11-15(2)8-10-20(18)29-5)14-32-24(23)26-22(27)13-31-21-12-16(3)7-9-17(21)4/h7-12,14H,6,13H2,1-5H3,(H,26,27). The van der Waals surface area contributed by atoms with E-state index in [1.165, 1.54) is 11.3 Å². The van der Waals surface area contributed by atoms with Gasteiger partial charge in [0, 0.05) is 16.5 Å². The normalized spacial score (nSPS) is 10.5. The van der Waals surface area contributed by atoms with Gasteiger partial charge >= 0.3 is 5.97 Å². The minimum atomic E-state index is -0.502. The van der Waals surface area contributed by atoms with Crippen LogP contribution >= 0.6 is 11.3 Å². The summed E-state index contributed by atoms with van der Waals surface area (Å²) in [6, 6.07) is 11.6. The van der Waals surface area contributed by atoms with Gasteiger partial charge in [0.05, 0.1) is 13.7 Å². The molecule has 1 N–H and O–H groups in total. The molecular weight excluding hydrogens is 426 g/mol. The van der Waals surface area contributed by atoms with Gasteiger partial charge in [0.25, 0.3) is 5.91 Å². The van der Waals surface area contributed by atoms with Gasteiger partial charge in [-0.05, 0) is 57.0 Å². The second-order valence-electron chi connectivity index (χ2n) is 7.38. The fourth-order valence-corrected chi connectivity index (χ4v) is 4.22. The summed E-state index contributed by atoms with van der Waals surface area (Å²) in [6.45, 7) is 7.65. The molecule has 0 atom stereocenters. The molecule has 0 aliphatic heterocycles. The first-order valence-electron chi connectivity index (χ1n) is 10.3. The second-order valence-corrected chi connectivity index (χ2v) is 8.26. The van der Waals surface area contributed by atoms with Crippen LogP contribution in [0.3, 0.4) is 0 Å². The van der Waals surface area contributed by atoms with Crippen molar-refractivity contribution < 1.29 is 23.8 Å². The first-order valence-corrected chi connectivity index (χ1v) is 11.2. The third-order valence-electron chi connectivity index (χ3n) is 4.87. The van der Waals surface area contributed by atoms with E-state index in [-0.39, 0.29) is 19.1 Å². The molecule has 0 saturated carbocycles. The predicted molar refractivity (Wildman–Crippen MR) is 127 cm³/mol. The number of methoxy groups -OCH3 is 1. The lowest BCUT2D eigenvalue weighted by Gasteiger charge is -2.13. The first kappa shape index (κ1) is 23.3. The van der Waals surface area contributed by atoms with Gasteiger partial charge in [-0.25, -0.2) is 4.79 Å². The van der Waals surface area contributed by atoms with Crippen molar-refractivity contribution in [2.24, 2.45) is 0 Å². The van der Waals surface area contributed by atoms with Crippen molar-refractivity contribution >= 4 is 28.2 Å². The summed E-state index contributed by atoms with van der Waals surface area (Å²) in [6.07, 6.45) is 0. The molecule has 0 unspecified atom stereocenters. The van der Waals surface area contributed by atoms with Crippen LogP contribution in [0.4, 0.5) is 5.00 Å². The number of hydrogen-bond acceptors (Lipinski definition) is 6. The number of nitrogens with one attached hydrogen (secondary N) is 1. The minimum absolute atomic E-state index is 0.173. The molecule has 3 rings (SSSR count). The number of aryl methyl sites for hydroxylation is 3. The Hall–Kier alpha value is -3.32. The van der Waals surface area contributed by atoms with Gasteiger partial charge in [-0.3, -0.25) is 4.79 Å². The van der Waals surface area contributed by atoms with Gasteiger partial charge in [0.2, 0.25) is 0 Å². The van der Waals surface area contributed by atoms with E-state index in [1.807, 2.05) is 62.5 Å². The van der Waals surface area contributed by atoms with Gasteiger partial charge in [0.15, 0.2) is 6.61 Å². The molecule has 0 aliphatic carbocycles. The van der Waals surface area contributed by atoms with E-state index in [0.717, 1.165) is 22.3 Å². The highest BCUT2D eigenvalue weighted by atomic mass is 32.1. The van der Waals surface area contributed by atoms with Gasteiger partial charge in [-0.2, -0.15) is 0 Å². The summed E-state index contributed by atoms with van der Waals surface area (Å²) >= 11 is 1.26. The first-order chi connectivity index (χ1) is 15.3. The average Bonchev–Trinajstić information content (AvgIpc) is 3.17. The van der Waals surface area contributed by atoms with Crippen molar-refractivity contribution in [3.63, 3.8) is 0 Å². The van der Waals surface area contributed by atoms with Crippen molar-refractivity contribution in [1.82, 2.24) is 0 Å². The molecule has 168 valence electrons. The summed E-state index contributed by atoms with van der Waals surface area (Å²) in [4.78, 5) is 25.4. The number of hydrogen-bond donors (Lipinski definition) is 1. The zero-order valence-corrected chi connectivity index (χ0v) is 19.7. The number of esters is 1. The number of rotatable bonds is 8. The maximum atomic E-state index is 12.8. The quantitative estimate of drug-likeness (QED) is 0.453. The maximum absolute atomic E-state index is 12.8. The molecule has 0 spiro atoms. The van der Waals surface area contributed by atoms with Crippen LogP contribution in [0.1, 0.15) is 34.0 Å². The minimum Gasteiger partial charge on any atom is -0.496 e. The Morgan fingerprint density at radius 2 is 1.69 bits per heavy atom. The number of carbonyl (C=O) groups excluding carboxylic acids is 2. The molecule has 32 heavy (non-hydrogen) atoms. The Bertz CT molecular complexity index is 1140. The lowest BCUT2D eigenvalue weighted by molar-refractivity contribution is -0.118. The number of ether oxygens (including phenoxy) is 3. The average molecular weight is 454 g/mol. The van der Waals surface area contributed by atoms with Crippen LogP contribution in [-0.4, -0.2) is 32.2 Å². The highest BCUT2D eigenvalue weighted by Crippen LogP contribution is 2.40. The third-order valence-corrected chi connectivity index (χ3v) is 5.77. The van der Waals surface area contributed by atoms with Crippen LogP contribution in [0.2, 0.25) is 0 Å². The summed E-state index contributed by atoms with van der Waals surface area (Å²) in [5, 5.41) is 5.05. The molecule has 0 aliphatic rings. The van der Waals surface area contributed by atoms with Crippen molar-refractivity contribution in [2.45, 2.75) is 27.7 Å². The lowest BCUT2D eigenvalue weighted by Crippen LogP contribution is -2.21. The zero-order chi connectivity index (χ0) is 23.3. The SMILES string of the molecule is CCOC(=O)c1c(-c2cc(C)ccc2OC)csc1NC(=O)COc1cc(C)ccc1C. The number of thiophene rings is 1. The van der Waals surface area contributed by atoms with Gasteiger partial charge in [-0.15, -0.1) is 11.3 Å². The molecule has 0 bridgehead atoms. The fraction of sp³-hybridized carbons (Fsp3) is 0.280. The van der Waals surface area contributed by atoms with Crippen LogP contribution < -0.4 is 14.8 Å². The summed E-state index contributed by atoms with van der Waals surface area (Å²) in [5.74, 6) is 0.427. The number of benzene rings is 2. The lowest BCUT2D eigenvalue weighted by atomic mass is 10.0.